The SMILES string of the molecule is CC12CC(O)C3C(CCC4CC(O)CCC43C)C1=CC(O)C2c1ccc(=O)oc1. The summed E-state index contributed by atoms with van der Waals surface area (Å²) < 4.78 is 5.10. The monoisotopic (exact) mass is 400 g/mol. The molecule has 4 aliphatic rings. The summed E-state index contributed by atoms with van der Waals surface area (Å²) in [6.07, 6.45) is 7.49. The predicted octanol–water partition coefficient (Wildman–Crippen LogP) is 2.99. The maximum absolute atomic E-state index is 11.4. The average Bonchev–Trinajstić information content (AvgIpc) is 2.93. The summed E-state index contributed by atoms with van der Waals surface area (Å²) in [6, 6.07) is 3.16. The zero-order valence-electron chi connectivity index (χ0n) is 17.3. The number of hydrogen-bond donors (Lipinski definition) is 3. The van der Waals surface area contributed by atoms with E-state index in [4.69, 9.17) is 4.42 Å². The molecule has 1 aromatic heterocycles. The number of hydrogen-bond acceptors (Lipinski definition) is 5. The Labute approximate surface area is 171 Å². The van der Waals surface area contributed by atoms with Crippen molar-refractivity contribution in [2.45, 2.75) is 76.6 Å². The minimum absolute atomic E-state index is 0.0340. The Balaban J connectivity index is 1.52. The van der Waals surface area contributed by atoms with Gasteiger partial charge in [0.1, 0.15) is 0 Å². The zero-order chi connectivity index (χ0) is 20.6. The van der Waals surface area contributed by atoms with E-state index in [0.717, 1.165) is 37.7 Å². The first-order chi connectivity index (χ1) is 13.7. The topological polar surface area (TPSA) is 90.9 Å². The second kappa shape index (κ2) is 6.53. The lowest BCUT2D eigenvalue weighted by Gasteiger charge is -2.61. The van der Waals surface area contributed by atoms with Gasteiger partial charge >= 0.3 is 5.63 Å². The van der Waals surface area contributed by atoms with Crippen LogP contribution >= 0.6 is 0 Å². The Morgan fingerprint density at radius 2 is 1.90 bits per heavy atom. The molecule has 158 valence electrons. The van der Waals surface area contributed by atoms with Crippen LogP contribution in [0.25, 0.3) is 0 Å². The van der Waals surface area contributed by atoms with Gasteiger partial charge in [-0.25, -0.2) is 4.79 Å². The molecule has 4 aliphatic carbocycles. The van der Waals surface area contributed by atoms with Crippen LogP contribution in [0.3, 0.4) is 0 Å². The molecule has 9 unspecified atom stereocenters. The van der Waals surface area contributed by atoms with E-state index < -0.39 is 17.8 Å². The highest BCUT2D eigenvalue weighted by molar-refractivity contribution is 5.40. The van der Waals surface area contributed by atoms with Gasteiger partial charge in [0, 0.05) is 17.4 Å². The lowest BCUT2D eigenvalue weighted by molar-refractivity contribution is -0.134. The van der Waals surface area contributed by atoms with Gasteiger partial charge in [-0.3, -0.25) is 0 Å². The van der Waals surface area contributed by atoms with Gasteiger partial charge in [0.05, 0.1) is 24.6 Å². The molecule has 29 heavy (non-hydrogen) atoms. The highest BCUT2D eigenvalue weighted by Crippen LogP contribution is 2.67. The van der Waals surface area contributed by atoms with Crippen LogP contribution in [0.4, 0.5) is 0 Å². The molecule has 0 bridgehead atoms. The van der Waals surface area contributed by atoms with Crippen LogP contribution in [0.15, 0.2) is 39.3 Å². The highest BCUT2D eigenvalue weighted by Gasteiger charge is 2.62. The van der Waals surface area contributed by atoms with E-state index in [9.17, 15) is 20.1 Å². The van der Waals surface area contributed by atoms with Crippen molar-refractivity contribution in [3.63, 3.8) is 0 Å². The molecule has 0 radical (unpaired) electrons. The Morgan fingerprint density at radius 1 is 1.10 bits per heavy atom. The molecule has 0 saturated heterocycles. The highest BCUT2D eigenvalue weighted by atomic mass is 16.4. The maximum atomic E-state index is 11.4. The second-order valence-electron chi connectivity index (χ2n) is 10.5. The molecule has 5 nitrogen and oxygen atoms in total. The van der Waals surface area contributed by atoms with Crippen molar-refractivity contribution < 1.29 is 19.7 Å². The van der Waals surface area contributed by atoms with Crippen LogP contribution in [0.2, 0.25) is 0 Å². The smallest absolute Gasteiger partial charge is 0.335 e. The van der Waals surface area contributed by atoms with Gasteiger partial charge in [-0.05, 0) is 73.3 Å². The van der Waals surface area contributed by atoms with Crippen LogP contribution < -0.4 is 5.63 Å². The summed E-state index contributed by atoms with van der Waals surface area (Å²) in [7, 11) is 0. The fraction of sp³-hybridized carbons (Fsp3) is 0.708. The molecular formula is C24H32O5. The van der Waals surface area contributed by atoms with Crippen LogP contribution in [0.5, 0.6) is 0 Å². The zero-order valence-corrected chi connectivity index (χ0v) is 17.3. The van der Waals surface area contributed by atoms with Crippen molar-refractivity contribution in [2.24, 2.45) is 28.6 Å². The van der Waals surface area contributed by atoms with Gasteiger partial charge in [-0.15, -0.1) is 0 Å². The lowest BCUT2D eigenvalue weighted by Crippen LogP contribution is -2.57. The van der Waals surface area contributed by atoms with E-state index >= 15 is 0 Å². The normalized spacial score (nSPS) is 49.0. The van der Waals surface area contributed by atoms with E-state index in [1.54, 1.807) is 6.07 Å². The molecule has 3 fully saturated rings. The lowest BCUT2D eigenvalue weighted by atomic mass is 9.45. The number of aliphatic hydroxyl groups excluding tert-OH is 3. The molecule has 0 aliphatic heterocycles. The third-order valence-corrected chi connectivity index (χ3v) is 9.09. The fourth-order valence-corrected chi connectivity index (χ4v) is 7.85. The molecule has 3 N–H and O–H groups in total. The molecule has 5 rings (SSSR count). The van der Waals surface area contributed by atoms with Crippen LogP contribution in [0, 0.1) is 28.6 Å². The molecule has 3 saturated carbocycles. The second-order valence-corrected chi connectivity index (χ2v) is 10.5. The molecule has 0 amide bonds. The summed E-state index contributed by atoms with van der Waals surface area (Å²) in [5.41, 5.74) is 1.39. The molecule has 5 heteroatoms. The van der Waals surface area contributed by atoms with Gasteiger partial charge in [0.25, 0.3) is 0 Å². The third-order valence-electron chi connectivity index (χ3n) is 9.09. The van der Waals surface area contributed by atoms with E-state index in [0.29, 0.717) is 12.3 Å². The quantitative estimate of drug-likeness (QED) is 0.631. The van der Waals surface area contributed by atoms with E-state index in [1.165, 1.54) is 17.9 Å². The summed E-state index contributed by atoms with van der Waals surface area (Å²) in [4.78, 5) is 11.4. The molecule has 0 spiro atoms. The standard InChI is InChI=1S/C24H32O5/c1-23-8-7-15(25)9-14(23)4-5-16-17-10-18(26)21(13-3-6-20(28)29-12-13)24(17,2)11-19(27)22(16)23/h3,6,10,12,14-16,18-19,21-22,25-27H,4-5,7-9,11H2,1-2H3. The van der Waals surface area contributed by atoms with E-state index in [1.807, 2.05) is 6.08 Å². The molecule has 1 aromatic rings. The summed E-state index contributed by atoms with van der Waals surface area (Å²) in [5.74, 6) is 0.678. The van der Waals surface area contributed by atoms with Gasteiger partial charge in [-0.2, -0.15) is 0 Å². The first-order valence-corrected chi connectivity index (χ1v) is 11.1. The number of fused-ring (bicyclic) bond motifs is 5. The molecule has 1 heterocycles. The summed E-state index contributed by atoms with van der Waals surface area (Å²) >= 11 is 0. The van der Waals surface area contributed by atoms with Crippen LogP contribution in [-0.4, -0.2) is 33.6 Å². The van der Waals surface area contributed by atoms with E-state index in [2.05, 4.69) is 13.8 Å². The predicted molar refractivity (Wildman–Crippen MR) is 108 cm³/mol. The Hall–Kier alpha value is -1.43. The molecule has 9 atom stereocenters. The van der Waals surface area contributed by atoms with Crippen molar-refractivity contribution in [1.82, 2.24) is 0 Å². The number of aliphatic hydroxyl groups is 3. The largest absolute Gasteiger partial charge is 0.431 e. The van der Waals surface area contributed by atoms with Gasteiger partial charge < -0.3 is 19.7 Å². The van der Waals surface area contributed by atoms with Crippen molar-refractivity contribution in [2.75, 3.05) is 0 Å². The average molecular weight is 401 g/mol. The first-order valence-electron chi connectivity index (χ1n) is 11.1. The fourth-order valence-electron chi connectivity index (χ4n) is 7.85. The van der Waals surface area contributed by atoms with Gasteiger partial charge in [0.2, 0.25) is 0 Å². The Morgan fingerprint density at radius 3 is 2.62 bits per heavy atom. The van der Waals surface area contributed by atoms with Crippen molar-refractivity contribution in [3.8, 4) is 0 Å². The van der Waals surface area contributed by atoms with Crippen molar-refractivity contribution in [3.05, 3.63) is 46.0 Å². The first kappa shape index (κ1) is 19.5. The van der Waals surface area contributed by atoms with Crippen LogP contribution in [0.1, 0.15) is 63.9 Å². The van der Waals surface area contributed by atoms with Crippen molar-refractivity contribution >= 4 is 0 Å². The van der Waals surface area contributed by atoms with Gasteiger partial charge in [-0.1, -0.05) is 25.5 Å². The number of rotatable bonds is 1. The molecular weight excluding hydrogens is 368 g/mol. The van der Waals surface area contributed by atoms with Crippen LogP contribution in [-0.2, 0) is 0 Å². The molecule has 0 aromatic carbocycles. The Bertz CT molecular complexity index is 869. The third kappa shape index (κ3) is 2.74. The van der Waals surface area contributed by atoms with Gasteiger partial charge in [0.15, 0.2) is 0 Å². The minimum Gasteiger partial charge on any atom is -0.431 e. The summed E-state index contributed by atoms with van der Waals surface area (Å²) in [6.45, 7) is 4.48. The Kier molecular flexibility index (Phi) is 4.40. The van der Waals surface area contributed by atoms with E-state index in [-0.39, 0.29) is 34.7 Å². The number of allylic oxidation sites excluding steroid dienone is 1. The maximum Gasteiger partial charge on any atom is 0.335 e. The van der Waals surface area contributed by atoms with Crippen molar-refractivity contribution in [1.29, 1.82) is 0 Å². The summed E-state index contributed by atoms with van der Waals surface area (Å²) in [5, 5.41) is 32.6. The minimum atomic E-state index is -0.646.